The number of aromatic nitrogens is 5. The molecule has 2 aliphatic rings. The molecule has 2 bridgehead atoms. The first kappa shape index (κ1) is 26.9. The number of ether oxygens (including phenoxy) is 2. The fraction of sp³-hybridized carbons (Fsp3) is 0.565. The number of rotatable bonds is 7. The van der Waals surface area contributed by atoms with Crippen molar-refractivity contribution < 1.29 is 40.3 Å². The molecule has 10 nitrogen and oxygen atoms in total. The summed E-state index contributed by atoms with van der Waals surface area (Å²) in [5.41, 5.74) is -1.63. The predicted octanol–water partition coefficient (Wildman–Crippen LogP) is 5.59. The zero-order chi connectivity index (χ0) is 28.1. The SMILES string of the molecule is Cc1noc(N2C[C@H]3CC[C@@H](C2)C3Nc2nc(Oc3ccc(OC(F)(F)F)c(C(F)(F)F)c3)n(C(C)C)n2)n1. The van der Waals surface area contributed by atoms with E-state index in [1.807, 2.05) is 0 Å². The summed E-state index contributed by atoms with van der Waals surface area (Å²) in [4.78, 5) is 10.7. The zero-order valence-electron chi connectivity index (χ0n) is 21.0. The molecule has 3 aromatic rings. The highest BCUT2D eigenvalue weighted by Crippen LogP contribution is 2.42. The van der Waals surface area contributed by atoms with Crippen molar-refractivity contribution in [1.29, 1.82) is 0 Å². The molecule has 5 rings (SSSR count). The molecule has 2 fully saturated rings. The van der Waals surface area contributed by atoms with Gasteiger partial charge in [-0.1, -0.05) is 5.16 Å². The van der Waals surface area contributed by atoms with E-state index in [-0.39, 0.29) is 41.6 Å². The minimum Gasteiger partial charge on any atom is -0.424 e. The van der Waals surface area contributed by atoms with Crippen molar-refractivity contribution in [1.82, 2.24) is 24.9 Å². The van der Waals surface area contributed by atoms with E-state index in [9.17, 15) is 26.3 Å². The number of benzene rings is 1. The molecule has 1 N–H and O–H groups in total. The van der Waals surface area contributed by atoms with Crippen LogP contribution >= 0.6 is 0 Å². The Kier molecular flexibility index (Phi) is 6.74. The maximum Gasteiger partial charge on any atom is 0.573 e. The average Bonchev–Trinajstić information content (AvgIpc) is 3.49. The van der Waals surface area contributed by atoms with Crippen LogP contribution in [-0.2, 0) is 6.18 Å². The van der Waals surface area contributed by atoms with Gasteiger partial charge in [-0.05, 0) is 63.6 Å². The summed E-state index contributed by atoms with van der Waals surface area (Å²) in [5.74, 6) is -0.494. The van der Waals surface area contributed by atoms with Crippen LogP contribution in [-0.4, -0.2) is 50.4 Å². The molecule has 3 heterocycles. The Balaban J connectivity index is 1.34. The molecule has 1 aromatic carbocycles. The number of piperidine rings is 1. The van der Waals surface area contributed by atoms with E-state index >= 15 is 0 Å². The van der Waals surface area contributed by atoms with Crippen LogP contribution in [0.25, 0.3) is 0 Å². The molecule has 2 aromatic heterocycles. The van der Waals surface area contributed by atoms with Gasteiger partial charge in [0.15, 0.2) is 5.82 Å². The molecule has 0 radical (unpaired) electrons. The molecule has 39 heavy (non-hydrogen) atoms. The topological polar surface area (TPSA) is 103 Å². The van der Waals surface area contributed by atoms with Gasteiger partial charge in [-0.3, -0.25) is 0 Å². The lowest BCUT2D eigenvalue weighted by Gasteiger charge is -2.37. The molecule has 3 atom stereocenters. The van der Waals surface area contributed by atoms with Crippen molar-refractivity contribution in [2.24, 2.45) is 11.8 Å². The lowest BCUT2D eigenvalue weighted by Crippen LogP contribution is -2.48. The first-order chi connectivity index (χ1) is 18.3. The van der Waals surface area contributed by atoms with Gasteiger partial charge < -0.3 is 24.2 Å². The number of alkyl halides is 6. The van der Waals surface area contributed by atoms with Gasteiger partial charge in [0.05, 0.1) is 6.04 Å². The fourth-order valence-corrected chi connectivity index (χ4v) is 5.07. The van der Waals surface area contributed by atoms with Gasteiger partial charge in [0, 0.05) is 19.1 Å². The Morgan fingerprint density at radius 2 is 1.74 bits per heavy atom. The van der Waals surface area contributed by atoms with E-state index in [2.05, 4.69) is 35.2 Å². The summed E-state index contributed by atoms with van der Waals surface area (Å²) in [6.07, 6.45) is -8.48. The number of halogens is 6. The van der Waals surface area contributed by atoms with E-state index in [0.29, 0.717) is 37.1 Å². The third-order valence-corrected chi connectivity index (χ3v) is 6.70. The van der Waals surface area contributed by atoms with Crippen LogP contribution < -0.4 is 19.7 Å². The summed E-state index contributed by atoms with van der Waals surface area (Å²) < 4.78 is 94.0. The molecule has 0 spiro atoms. The maximum absolute atomic E-state index is 13.5. The van der Waals surface area contributed by atoms with E-state index in [4.69, 9.17) is 9.26 Å². The second-order valence-corrected chi connectivity index (χ2v) is 9.86. The van der Waals surface area contributed by atoms with Gasteiger partial charge in [-0.25, -0.2) is 4.68 Å². The molecule has 1 unspecified atom stereocenters. The van der Waals surface area contributed by atoms with Crippen LogP contribution in [0.2, 0.25) is 0 Å². The number of nitrogens with zero attached hydrogens (tertiary/aromatic N) is 6. The summed E-state index contributed by atoms with van der Waals surface area (Å²) in [5, 5.41) is 11.6. The van der Waals surface area contributed by atoms with Crippen molar-refractivity contribution in [2.75, 3.05) is 23.3 Å². The average molecular weight is 561 g/mol. The first-order valence-electron chi connectivity index (χ1n) is 12.2. The highest BCUT2D eigenvalue weighted by atomic mass is 19.4. The zero-order valence-corrected chi connectivity index (χ0v) is 21.0. The summed E-state index contributed by atoms with van der Waals surface area (Å²) in [6.45, 7) is 6.69. The maximum atomic E-state index is 13.5. The van der Waals surface area contributed by atoms with Gasteiger partial charge in [0.2, 0.25) is 5.95 Å². The van der Waals surface area contributed by atoms with Gasteiger partial charge in [0.1, 0.15) is 17.1 Å². The molecule has 1 saturated heterocycles. The van der Waals surface area contributed by atoms with Crippen molar-refractivity contribution in [3.8, 4) is 17.5 Å². The first-order valence-corrected chi connectivity index (χ1v) is 12.2. The normalized spacial score (nSPS) is 21.5. The lowest BCUT2D eigenvalue weighted by molar-refractivity contribution is -0.276. The van der Waals surface area contributed by atoms with Gasteiger partial charge >= 0.3 is 24.6 Å². The second kappa shape index (κ2) is 9.79. The van der Waals surface area contributed by atoms with Crippen LogP contribution in [0, 0.1) is 18.8 Å². The second-order valence-electron chi connectivity index (χ2n) is 9.86. The number of fused-ring (bicyclic) bond motifs is 2. The molecule has 0 amide bonds. The minimum absolute atomic E-state index is 0.0387. The third-order valence-electron chi connectivity index (χ3n) is 6.70. The summed E-state index contributed by atoms with van der Waals surface area (Å²) >= 11 is 0. The number of anilines is 2. The van der Waals surface area contributed by atoms with Crippen LogP contribution in [0.3, 0.4) is 0 Å². The monoisotopic (exact) mass is 561 g/mol. The number of hydrogen-bond donors (Lipinski definition) is 1. The fourth-order valence-electron chi connectivity index (χ4n) is 5.07. The Labute approximate surface area is 218 Å². The van der Waals surface area contributed by atoms with Gasteiger partial charge in [-0.2, -0.15) is 23.1 Å². The lowest BCUT2D eigenvalue weighted by atomic mass is 9.92. The number of nitrogens with one attached hydrogen (secondary N) is 1. The van der Waals surface area contributed by atoms with E-state index < -0.39 is 23.9 Å². The molecule has 1 aliphatic heterocycles. The third kappa shape index (κ3) is 5.83. The van der Waals surface area contributed by atoms with E-state index in [0.717, 1.165) is 18.9 Å². The van der Waals surface area contributed by atoms with Crippen LogP contribution in [0.1, 0.15) is 44.1 Å². The minimum atomic E-state index is -5.29. The molecule has 1 saturated carbocycles. The van der Waals surface area contributed by atoms with Crippen LogP contribution in [0.4, 0.5) is 38.3 Å². The highest BCUT2D eigenvalue weighted by molar-refractivity contribution is 5.43. The van der Waals surface area contributed by atoms with Gasteiger partial charge in [0.25, 0.3) is 0 Å². The van der Waals surface area contributed by atoms with Gasteiger partial charge in [-0.15, -0.1) is 18.3 Å². The van der Waals surface area contributed by atoms with Crippen LogP contribution in [0.5, 0.6) is 17.5 Å². The van der Waals surface area contributed by atoms with Crippen molar-refractivity contribution >= 4 is 12.0 Å². The van der Waals surface area contributed by atoms with Crippen molar-refractivity contribution in [2.45, 2.75) is 58.2 Å². The Bertz CT molecular complexity index is 1310. The van der Waals surface area contributed by atoms with E-state index in [1.165, 1.54) is 4.68 Å². The van der Waals surface area contributed by atoms with E-state index in [1.54, 1.807) is 20.8 Å². The van der Waals surface area contributed by atoms with Crippen molar-refractivity contribution in [3.05, 3.63) is 29.6 Å². The standard InChI is InChI=1S/C23H25F6N7O3/c1-11(2)36-21(37-15-6-7-17(38-23(27,28)29)16(8-15)22(24,25)26)32-19(33-36)31-18-13-4-5-14(18)10-35(9-13)20-30-12(3)34-39-20/h6-8,11,13-14,18H,4-5,9-10H2,1-3H3,(H,31,33)/t13-,14+,18?. The number of hydrogen-bond acceptors (Lipinski definition) is 9. The molecule has 1 aliphatic carbocycles. The Hall–Kier alpha value is -3.72. The quantitative estimate of drug-likeness (QED) is 0.370. The highest BCUT2D eigenvalue weighted by Gasteiger charge is 2.44. The predicted molar refractivity (Wildman–Crippen MR) is 123 cm³/mol. The summed E-state index contributed by atoms with van der Waals surface area (Å²) in [6, 6.07) is 2.05. The Morgan fingerprint density at radius 3 is 2.31 bits per heavy atom. The number of aryl methyl sites for hydroxylation is 1. The van der Waals surface area contributed by atoms with Crippen LogP contribution in [0.15, 0.2) is 22.7 Å². The summed E-state index contributed by atoms with van der Waals surface area (Å²) in [7, 11) is 0. The van der Waals surface area contributed by atoms with Crippen molar-refractivity contribution in [3.63, 3.8) is 0 Å². The Morgan fingerprint density at radius 1 is 1.05 bits per heavy atom. The largest absolute Gasteiger partial charge is 0.573 e. The smallest absolute Gasteiger partial charge is 0.424 e. The molecule has 212 valence electrons. The molecular formula is C23H25F6N7O3. The molecular weight excluding hydrogens is 536 g/mol. The molecule has 16 heteroatoms.